The van der Waals surface area contributed by atoms with E-state index in [1.807, 2.05) is 13.0 Å². The van der Waals surface area contributed by atoms with Gasteiger partial charge in [-0.2, -0.15) is 0 Å². The van der Waals surface area contributed by atoms with Crippen molar-refractivity contribution < 1.29 is 5.11 Å². The summed E-state index contributed by atoms with van der Waals surface area (Å²) in [4.78, 5) is 4.00. The largest absolute Gasteiger partial charge is 0.388 e. The molecule has 0 amide bonds. The summed E-state index contributed by atoms with van der Waals surface area (Å²) in [7, 11) is 0. The van der Waals surface area contributed by atoms with E-state index in [2.05, 4.69) is 4.98 Å². The lowest BCUT2D eigenvalue weighted by Crippen LogP contribution is -2.09. The molecule has 0 radical (unpaired) electrons. The van der Waals surface area contributed by atoms with Gasteiger partial charge in [0.25, 0.3) is 0 Å². The van der Waals surface area contributed by atoms with Crippen LogP contribution < -0.4 is 5.73 Å². The summed E-state index contributed by atoms with van der Waals surface area (Å²) >= 11 is 11.9. The first-order chi connectivity index (χ1) is 8.99. The third-order valence-electron chi connectivity index (χ3n) is 3.00. The molecular weight excluding hydrogens is 283 g/mol. The number of anilines is 1. The Balaban J connectivity index is 2.28. The van der Waals surface area contributed by atoms with E-state index in [9.17, 15) is 5.11 Å². The molecule has 1 heterocycles. The number of aliphatic hydroxyl groups is 1. The van der Waals surface area contributed by atoms with Crippen LogP contribution in [0.25, 0.3) is 0 Å². The molecule has 2 aromatic rings. The molecule has 0 saturated heterocycles. The third kappa shape index (κ3) is 3.18. The minimum Gasteiger partial charge on any atom is -0.388 e. The van der Waals surface area contributed by atoms with Gasteiger partial charge in [0.05, 0.1) is 6.10 Å². The van der Waals surface area contributed by atoms with Crippen LogP contribution in [0.5, 0.6) is 0 Å². The van der Waals surface area contributed by atoms with Gasteiger partial charge in [0.1, 0.15) is 5.82 Å². The average molecular weight is 297 g/mol. The van der Waals surface area contributed by atoms with Crippen LogP contribution in [0.15, 0.2) is 30.5 Å². The summed E-state index contributed by atoms with van der Waals surface area (Å²) in [6.07, 6.45) is 1.25. The summed E-state index contributed by atoms with van der Waals surface area (Å²) in [6, 6.07) is 7.02. The Morgan fingerprint density at radius 2 is 2.05 bits per heavy atom. The molecule has 19 heavy (non-hydrogen) atoms. The van der Waals surface area contributed by atoms with Crippen molar-refractivity contribution in [2.45, 2.75) is 19.4 Å². The fourth-order valence-corrected chi connectivity index (χ4v) is 2.51. The predicted octanol–water partition coefficient (Wildman–Crippen LogP) is 3.56. The van der Waals surface area contributed by atoms with Gasteiger partial charge in [-0.05, 0) is 36.2 Å². The number of aryl methyl sites for hydroxylation is 1. The van der Waals surface area contributed by atoms with E-state index in [1.165, 1.54) is 0 Å². The summed E-state index contributed by atoms with van der Waals surface area (Å²) in [6.45, 7) is 1.89. The lowest BCUT2D eigenvalue weighted by molar-refractivity contribution is 0.178. The van der Waals surface area contributed by atoms with Crippen LogP contribution >= 0.6 is 23.2 Å². The van der Waals surface area contributed by atoms with Crippen molar-refractivity contribution in [3.05, 3.63) is 57.2 Å². The zero-order valence-corrected chi connectivity index (χ0v) is 11.9. The first-order valence-electron chi connectivity index (χ1n) is 5.82. The summed E-state index contributed by atoms with van der Waals surface area (Å²) in [5.41, 5.74) is 8.19. The van der Waals surface area contributed by atoms with E-state index in [0.717, 1.165) is 11.1 Å². The molecule has 3 nitrogen and oxygen atoms in total. The van der Waals surface area contributed by atoms with Gasteiger partial charge in [-0.15, -0.1) is 0 Å². The molecule has 1 unspecified atom stereocenters. The highest BCUT2D eigenvalue weighted by Crippen LogP contribution is 2.29. The van der Waals surface area contributed by atoms with Crippen LogP contribution in [-0.2, 0) is 6.42 Å². The van der Waals surface area contributed by atoms with Gasteiger partial charge >= 0.3 is 0 Å². The number of hydrogen-bond acceptors (Lipinski definition) is 3. The lowest BCUT2D eigenvalue weighted by Gasteiger charge is -2.16. The molecule has 0 spiro atoms. The number of nitrogens with zero attached hydrogens (tertiary/aromatic N) is 1. The van der Waals surface area contributed by atoms with Crippen molar-refractivity contribution in [3.63, 3.8) is 0 Å². The molecule has 5 heteroatoms. The minimum atomic E-state index is -0.743. The van der Waals surface area contributed by atoms with E-state index in [0.29, 0.717) is 27.8 Å². The number of aromatic nitrogens is 1. The van der Waals surface area contributed by atoms with E-state index in [-0.39, 0.29) is 0 Å². The predicted molar refractivity (Wildman–Crippen MR) is 78.5 cm³/mol. The molecule has 1 aromatic carbocycles. The Morgan fingerprint density at radius 3 is 2.68 bits per heavy atom. The molecule has 0 saturated carbocycles. The van der Waals surface area contributed by atoms with Crippen molar-refractivity contribution in [1.29, 1.82) is 0 Å². The molecular formula is C14H14Cl2N2O. The van der Waals surface area contributed by atoms with Crippen LogP contribution in [0.1, 0.15) is 22.8 Å². The fraction of sp³-hybridized carbons (Fsp3) is 0.214. The number of nitrogens with two attached hydrogens (primary N) is 1. The first kappa shape index (κ1) is 14.1. The van der Waals surface area contributed by atoms with Crippen molar-refractivity contribution in [1.82, 2.24) is 4.98 Å². The second-order valence-corrected chi connectivity index (χ2v) is 5.23. The Bertz CT molecular complexity index is 582. The van der Waals surface area contributed by atoms with Crippen molar-refractivity contribution in [2.75, 3.05) is 5.73 Å². The van der Waals surface area contributed by atoms with Gasteiger partial charge in [-0.3, -0.25) is 0 Å². The Labute approximate surface area is 122 Å². The molecule has 0 fully saturated rings. The number of halogens is 2. The van der Waals surface area contributed by atoms with Crippen LogP contribution in [0.3, 0.4) is 0 Å². The lowest BCUT2D eigenvalue weighted by atomic mass is 9.98. The highest BCUT2D eigenvalue weighted by atomic mass is 35.5. The number of aliphatic hydroxyl groups excluding tert-OH is 1. The van der Waals surface area contributed by atoms with Crippen LogP contribution in [-0.4, -0.2) is 10.1 Å². The van der Waals surface area contributed by atoms with Crippen molar-refractivity contribution in [2.24, 2.45) is 0 Å². The van der Waals surface area contributed by atoms with Gasteiger partial charge in [0.15, 0.2) is 0 Å². The van der Waals surface area contributed by atoms with E-state index >= 15 is 0 Å². The van der Waals surface area contributed by atoms with Crippen LogP contribution in [0.4, 0.5) is 5.82 Å². The molecule has 0 aliphatic heterocycles. The van der Waals surface area contributed by atoms with Crippen molar-refractivity contribution >= 4 is 29.0 Å². The Morgan fingerprint density at radius 1 is 1.32 bits per heavy atom. The first-order valence-corrected chi connectivity index (χ1v) is 6.57. The second-order valence-electron chi connectivity index (χ2n) is 4.38. The molecule has 0 bridgehead atoms. The maximum atomic E-state index is 10.3. The Hall–Kier alpha value is -1.29. The maximum Gasteiger partial charge on any atom is 0.129 e. The van der Waals surface area contributed by atoms with Crippen LogP contribution in [0, 0.1) is 6.92 Å². The monoisotopic (exact) mass is 296 g/mol. The Kier molecular flexibility index (Phi) is 4.30. The smallest absolute Gasteiger partial charge is 0.129 e. The molecule has 1 atom stereocenters. The maximum absolute atomic E-state index is 10.3. The summed E-state index contributed by atoms with van der Waals surface area (Å²) in [5.74, 6) is 0.345. The standard InChI is InChI=1S/C14H14Cl2N2O/c1-8-4-5-18-14(17)13(8)12(19)6-9-2-3-10(15)7-11(9)16/h2-5,7,12,19H,6H2,1H3,(H2,17,18). The highest BCUT2D eigenvalue weighted by Gasteiger charge is 2.16. The molecule has 1 aromatic heterocycles. The molecule has 100 valence electrons. The second kappa shape index (κ2) is 5.78. The third-order valence-corrected chi connectivity index (χ3v) is 3.59. The SMILES string of the molecule is Cc1ccnc(N)c1C(O)Cc1ccc(Cl)cc1Cl. The summed E-state index contributed by atoms with van der Waals surface area (Å²) in [5, 5.41) is 11.4. The van der Waals surface area contributed by atoms with Gasteiger partial charge in [-0.25, -0.2) is 4.98 Å². The molecule has 2 rings (SSSR count). The quantitative estimate of drug-likeness (QED) is 0.910. The number of rotatable bonds is 3. The molecule has 0 aliphatic rings. The molecule has 3 N–H and O–H groups in total. The van der Waals surface area contributed by atoms with Gasteiger partial charge in [0.2, 0.25) is 0 Å². The minimum absolute atomic E-state index is 0.345. The molecule has 0 aliphatic carbocycles. The normalized spacial score (nSPS) is 12.4. The van der Waals surface area contributed by atoms with Crippen molar-refractivity contribution in [3.8, 4) is 0 Å². The van der Waals surface area contributed by atoms with Gasteiger partial charge < -0.3 is 10.8 Å². The van der Waals surface area contributed by atoms with E-state index in [4.69, 9.17) is 28.9 Å². The van der Waals surface area contributed by atoms with E-state index < -0.39 is 6.10 Å². The van der Waals surface area contributed by atoms with E-state index in [1.54, 1.807) is 24.4 Å². The van der Waals surface area contributed by atoms with Crippen LogP contribution in [0.2, 0.25) is 10.0 Å². The summed E-state index contributed by atoms with van der Waals surface area (Å²) < 4.78 is 0. The zero-order chi connectivity index (χ0) is 14.0. The number of hydrogen-bond donors (Lipinski definition) is 2. The van der Waals surface area contributed by atoms with Gasteiger partial charge in [-0.1, -0.05) is 29.3 Å². The average Bonchev–Trinajstić information content (AvgIpc) is 2.32. The zero-order valence-electron chi connectivity index (χ0n) is 10.4. The van der Waals surface area contributed by atoms with Gasteiger partial charge in [0, 0.05) is 28.2 Å². The number of nitrogen functional groups attached to an aromatic ring is 1. The number of pyridine rings is 1. The fourth-order valence-electron chi connectivity index (χ4n) is 2.02. The topological polar surface area (TPSA) is 59.1 Å². The number of benzene rings is 1. The highest BCUT2D eigenvalue weighted by molar-refractivity contribution is 6.35.